The second kappa shape index (κ2) is 10.3. The Morgan fingerprint density at radius 1 is 1.10 bits per heavy atom. The van der Waals surface area contributed by atoms with Gasteiger partial charge in [-0.1, -0.05) is 36.4 Å². The number of hydrogen-bond acceptors (Lipinski definition) is 6. The third kappa shape index (κ3) is 5.00. The highest BCUT2D eigenvalue weighted by atomic mass is 19.4. The summed E-state index contributed by atoms with van der Waals surface area (Å²) in [5, 5.41) is 16.4. The van der Waals surface area contributed by atoms with E-state index in [1.165, 1.54) is 6.07 Å². The Balaban J connectivity index is 1.21. The SMILES string of the molecule is CC1C(c2ccccc2)CC(NCC(F)(F)c2cnc3c(c2)CC2(C3)c3cccnc3NC2O)C(=O)N1CC(F)(F)F. The molecule has 2 aliphatic heterocycles. The lowest BCUT2D eigenvalue weighted by molar-refractivity contribution is -0.171. The zero-order chi connectivity index (χ0) is 29.9. The van der Waals surface area contributed by atoms with E-state index in [1.54, 1.807) is 49.5 Å². The number of aromatic nitrogens is 2. The van der Waals surface area contributed by atoms with Gasteiger partial charge in [0, 0.05) is 47.6 Å². The minimum Gasteiger partial charge on any atom is -0.373 e. The molecule has 1 spiro atoms. The molecule has 3 aliphatic rings. The molecule has 0 bridgehead atoms. The fraction of sp³-hybridized carbons (Fsp3) is 0.433. The summed E-state index contributed by atoms with van der Waals surface area (Å²) < 4.78 is 71.4. The number of carbonyl (C=O) groups is 1. The van der Waals surface area contributed by atoms with Crippen LogP contribution in [0.1, 0.15) is 47.2 Å². The number of likely N-dealkylation sites (tertiary alicyclic amines) is 1. The minimum atomic E-state index is -4.64. The van der Waals surface area contributed by atoms with Crippen molar-refractivity contribution in [2.75, 3.05) is 18.4 Å². The number of anilines is 1. The van der Waals surface area contributed by atoms with E-state index in [0.717, 1.165) is 22.2 Å². The van der Waals surface area contributed by atoms with E-state index < -0.39 is 60.7 Å². The number of nitrogens with one attached hydrogen (secondary N) is 2. The standard InChI is InChI=1S/C30H30F5N5O2/c1-17-21(18-6-3-2-4-7-18)11-23(26(41)40(17)16-30(33,34)35)38-15-29(31,32)20-10-19-12-28(13-24(19)37-14-20)22-8-5-9-36-25(22)39-27(28)42/h2-10,14,17,21,23,27,38,42H,11-13,15-16H2,1H3,(H,36,39). The van der Waals surface area contributed by atoms with Crippen molar-refractivity contribution in [1.82, 2.24) is 20.2 Å². The summed E-state index contributed by atoms with van der Waals surface area (Å²) in [5.41, 5.74) is 1.57. The summed E-state index contributed by atoms with van der Waals surface area (Å²) >= 11 is 0. The van der Waals surface area contributed by atoms with Crippen LogP contribution in [0.15, 0.2) is 60.9 Å². The monoisotopic (exact) mass is 587 g/mol. The zero-order valence-corrected chi connectivity index (χ0v) is 22.7. The molecule has 3 aromatic rings. The fourth-order valence-electron chi connectivity index (χ4n) is 6.70. The largest absolute Gasteiger partial charge is 0.406 e. The van der Waals surface area contributed by atoms with Crippen molar-refractivity contribution in [2.45, 2.75) is 67.9 Å². The number of nitrogens with zero attached hydrogens (tertiary/aromatic N) is 3. The van der Waals surface area contributed by atoms with Crippen LogP contribution >= 0.6 is 0 Å². The molecule has 0 saturated carbocycles. The Labute approximate surface area is 239 Å². The van der Waals surface area contributed by atoms with Gasteiger partial charge in [-0.2, -0.15) is 22.0 Å². The topological polar surface area (TPSA) is 90.4 Å². The highest BCUT2D eigenvalue weighted by Gasteiger charge is 2.52. The molecule has 1 amide bonds. The number of fused-ring (bicyclic) bond motifs is 3. The molecule has 1 saturated heterocycles. The number of amides is 1. The van der Waals surface area contributed by atoms with Gasteiger partial charge in [-0.25, -0.2) is 4.98 Å². The van der Waals surface area contributed by atoms with Crippen LogP contribution in [0.25, 0.3) is 0 Å². The first kappa shape index (κ1) is 28.5. The highest BCUT2D eigenvalue weighted by molar-refractivity contribution is 5.83. The Kier molecular flexibility index (Phi) is 6.96. The maximum absolute atomic E-state index is 15.6. The van der Waals surface area contributed by atoms with Gasteiger partial charge in [-0.05, 0) is 43.0 Å². The molecule has 1 aliphatic carbocycles. The van der Waals surface area contributed by atoms with Crippen LogP contribution in [-0.2, 0) is 29.0 Å². The number of carbonyl (C=O) groups excluding carboxylic acids is 1. The van der Waals surface area contributed by atoms with E-state index in [4.69, 9.17) is 0 Å². The maximum Gasteiger partial charge on any atom is 0.406 e. The number of benzene rings is 1. The molecule has 5 atom stereocenters. The number of aliphatic hydroxyl groups excluding tert-OH is 1. The molecule has 42 heavy (non-hydrogen) atoms. The summed E-state index contributed by atoms with van der Waals surface area (Å²) in [6, 6.07) is 11.8. The number of hydrogen-bond donors (Lipinski definition) is 3. The van der Waals surface area contributed by atoms with E-state index in [0.29, 0.717) is 23.5 Å². The molecule has 7 nitrogen and oxygen atoms in total. The third-order valence-corrected chi connectivity index (χ3v) is 8.90. The van der Waals surface area contributed by atoms with Crippen LogP contribution in [0.2, 0.25) is 0 Å². The van der Waals surface area contributed by atoms with E-state index in [1.807, 2.05) is 6.07 Å². The number of alkyl halides is 5. The molecule has 1 fully saturated rings. The minimum absolute atomic E-state index is 0.0811. The molecule has 12 heteroatoms. The van der Waals surface area contributed by atoms with Crippen molar-refractivity contribution >= 4 is 11.7 Å². The summed E-state index contributed by atoms with van der Waals surface area (Å²) in [4.78, 5) is 22.5. The maximum atomic E-state index is 15.6. The predicted octanol–water partition coefficient (Wildman–Crippen LogP) is 4.27. The molecule has 3 N–H and O–H groups in total. The number of aliphatic hydroxyl groups is 1. The Morgan fingerprint density at radius 2 is 1.86 bits per heavy atom. The van der Waals surface area contributed by atoms with Gasteiger partial charge >= 0.3 is 6.18 Å². The third-order valence-electron chi connectivity index (χ3n) is 8.90. The van der Waals surface area contributed by atoms with E-state index >= 15 is 8.78 Å². The van der Waals surface area contributed by atoms with Crippen molar-refractivity contribution < 1.29 is 31.9 Å². The normalized spacial score (nSPS) is 27.2. The van der Waals surface area contributed by atoms with E-state index in [2.05, 4.69) is 20.6 Å². The van der Waals surface area contributed by atoms with Gasteiger partial charge in [0.05, 0.1) is 18.0 Å². The summed E-state index contributed by atoms with van der Waals surface area (Å²) in [7, 11) is 0. The fourth-order valence-corrected chi connectivity index (χ4v) is 6.70. The van der Waals surface area contributed by atoms with Crippen molar-refractivity contribution in [2.24, 2.45) is 0 Å². The molecule has 6 rings (SSSR count). The van der Waals surface area contributed by atoms with Crippen molar-refractivity contribution in [3.05, 3.63) is 88.9 Å². The predicted molar refractivity (Wildman–Crippen MR) is 144 cm³/mol. The number of halogens is 5. The average Bonchev–Trinajstić information content (AvgIpc) is 3.47. The van der Waals surface area contributed by atoms with Crippen LogP contribution in [0, 0.1) is 0 Å². The van der Waals surface area contributed by atoms with Crippen LogP contribution in [-0.4, -0.2) is 63.5 Å². The Morgan fingerprint density at radius 3 is 2.60 bits per heavy atom. The van der Waals surface area contributed by atoms with Gasteiger partial charge < -0.3 is 15.3 Å². The molecule has 0 radical (unpaired) electrons. The van der Waals surface area contributed by atoms with Gasteiger partial charge in [-0.3, -0.25) is 15.1 Å². The van der Waals surface area contributed by atoms with E-state index in [9.17, 15) is 23.1 Å². The quantitative estimate of drug-likeness (QED) is 0.374. The first-order chi connectivity index (χ1) is 19.9. The van der Waals surface area contributed by atoms with Crippen molar-refractivity contribution in [3.63, 3.8) is 0 Å². The lowest BCUT2D eigenvalue weighted by Crippen LogP contribution is -2.59. The number of rotatable bonds is 6. The molecule has 5 unspecified atom stereocenters. The Hall–Kier alpha value is -3.64. The van der Waals surface area contributed by atoms with Gasteiger partial charge in [0.2, 0.25) is 5.91 Å². The average molecular weight is 588 g/mol. The van der Waals surface area contributed by atoms with Crippen LogP contribution in [0.5, 0.6) is 0 Å². The number of pyridine rings is 2. The van der Waals surface area contributed by atoms with Gasteiger partial charge in [-0.15, -0.1) is 0 Å². The Bertz CT molecular complexity index is 1490. The lowest BCUT2D eigenvalue weighted by atomic mass is 9.79. The van der Waals surface area contributed by atoms with Gasteiger partial charge in [0.25, 0.3) is 5.92 Å². The summed E-state index contributed by atoms with van der Waals surface area (Å²) in [6.45, 7) is -0.858. The lowest BCUT2D eigenvalue weighted by Gasteiger charge is -2.43. The second-order valence-electron chi connectivity index (χ2n) is 11.5. The summed E-state index contributed by atoms with van der Waals surface area (Å²) in [5.74, 6) is -4.25. The van der Waals surface area contributed by atoms with E-state index in [-0.39, 0.29) is 18.4 Å². The molecule has 1 aromatic carbocycles. The highest BCUT2D eigenvalue weighted by Crippen LogP contribution is 2.48. The number of piperidine rings is 1. The molecule has 222 valence electrons. The van der Waals surface area contributed by atoms with Crippen molar-refractivity contribution in [3.8, 4) is 0 Å². The molecule has 4 heterocycles. The second-order valence-corrected chi connectivity index (χ2v) is 11.5. The first-order valence-corrected chi connectivity index (χ1v) is 13.8. The van der Waals surface area contributed by atoms with Gasteiger partial charge in [0.1, 0.15) is 18.6 Å². The van der Waals surface area contributed by atoms with Crippen LogP contribution in [0.4, 0.5) is 27.8 Å². The van der Waals surface area contributed by atoms with Crippen LogP contribution < -0.4 is 10.6 Å². The zero-order valence-electron chi connectivity index (χ0n) is 22.7. The van der Waals surface area contributed by atoms with Gasteiger partial charge in [0.15, 0.2) is 0 Å². The molecular formula is C30H30F5N5O2. The molecular weight excluding hydrogens is 557 g/mol. The smallest absolute Gasteiger partial charge is 0.373 e. The molecule has 2 aromatic heterocycles. The summed E-state index contributed by atoms with van der Waals surface area (Å²) in [6.07, 6.45) is -2.19. The van der Waals surface area contributed by atoms with Crippen LogP contribution in [0.3, 0.4) is 0 Å². The van der Waals surface area contributed by atoms with Crippen molar-refractivity contribution in [1.29, 1.82) is 0 Å². The first-order valence-electron chi connectivity index (χ1n) is 13.8.